The smallest absolute Gasteiger partial charge is 0.407 e. The largest absolute Gasteiger partial charge is 0.444 e. The van der Waals surface area contributed by atoms with Gasteiger partial charge in [0.1, 0.15) is 5.60 Å². The highest BCUT2D eigenvalue weighted by Crippen LogP contribution is 2.30. The lowest BCUT2D eigenvalue weighted by atomic mass is 9.96. The first-order chi connectivity index (χ1) is 13.1. The monoisotopic (exact) mass is 447 g/mol. The minimum absolute atomic E-state index is 0.186. The number of aryl methyl sites for hydroxylation is 1. The Hall–Kier alpha value is -1.66. The van der Waals surface area contributed by atoms with Crippen LogP contribution in [0.5, 0.6) is 0 Å². The second kappa shape index (κ2) is 8.37. The number of nitrogens with one attached hydrogen (secondary N) is 1. The van der Waals surface area contributed by atoms with Crippen molar-refractivity contribution in [3.63, 3.8) is 0 Å². The van der Waals surface area contributed by atoms with Gasteiger partial charge in [0.15, 0.2) is 0 Å². The predicted molar refractivity (Wildman–Crippen MR) is 117 cm³/mol. The van der Waals surface area contributed by atoms with Crippen LogP contribution < -0.4 is 5.32 Å². The van der Waals surface area contributed by atoms with Gasteiger partial charge in [-0.2, -0.15) is 0 Å². The summed E-state index contributed by atoms with van der Waals surface area (Å²) in [7, 11) is 0. The molecular formula is C22H30BrN3O2. The van der Waals surface area contributed by atoms with E-state index in [1.165, 1.54) is 27.5 Å². The lowest BCUT2D eigenvalue weighted by Gasteiger charge is -2.33. The third-order valence-electron chi connectivity index (χ3n) is 5.41. The molecule has 152 valence electrons. The zero-order chi connectivity index (χ0) is 20.5. The number of hydrogen-bond acceptors (Lipinski definition) is 4. The van der Waals surface area contributed by atoms with Gasteiger partial charge in [-0.1, -0.05) is 0 Å². The molecule has 0 aliphatic carbocycles. The molecule has 1 aromatic heterocycles. The van der Waals surface area contributed by atoms with Crippen LogP contribution in [-0.4, -0.2) is 40.7 Å². The van der Waals surface area contributed by atoms with Crippen LogP contribution in [0.1, 0.15) is 50.3 Å². The van der Waals surface area contributed by atoms with Crippen LogP contribution in [0.3, 0.4) is 0 Å². The average molecular weight is 448 g/mol. The van der Waals surface area contributed by atoms with Crippen LogP contribution in [0.2, 0.25) is 0 Å². The van der Waals surface area contributed by atoms with Crippen LogP contribution in [0.25, 0.3) is 10.8 Å². The van der Waals surface area contributed by atoms with Crippen molar-refractivity contribution < 1.29 is 9.53 Å². The SMILES string of the molecule is Cc1c(CN2CCC(NC(=O)OC(C)(C)C)CC2)cc2c(Br)cncc2c1C. The molecule has 5 nitrogen and oxygen atoms in total. The third-order valence-corrected chi connectivity index (χ3v) is 6.04. The lowest BCUT2D eigenvalue weighted by molar-refractivity contribution is 0.0477. The number of likely N-dealkylation sites (tertiary alicyclic amines) is 1. The highest BCUT2D eigenvalue weighted by molar-refractivity contribution is 9.10. The number of rotatable bonds is 3. The number of carbonyl (C=O) groups excluding carboxylic acids is 1. The Morgan fingerprint density at radius 1 is 1.21 bits per heavy atom. The van der Waals surface area contributed by atoms with Gasteiger partial charge in [-0.05, 0) is 91.5 Å². The molecule has 0 radical (unpaired) electrons. The third kappa shape index (κ3) is 5.03. The molecule has 6 heteroatoms. The molecule has 0 unspecified atom stereocenters. The van der Waals surface area contributed by atoms with Crippen LogP contribution in [0, 0.1) is 13.8 Å². The van der Waals surface area contributed by atoms with Crippen LogP contribution in [-0.2, 0) is 11.3 Å². The van der Waals surface area contributed by atoms with Gasteiger partial charge in [-0.25, -0.2) is 4.79 Å². The van der Waals surface area contributed by atoms with E-state index >= 15 is 0 Å². The summed E-state index contributed by atoms with van der Waals surface area (Å²) in [5.74, 6) is 0. The van der Waals surface area contributed by atoms with E-state index in [1.54, 1.807) is 0 Å². The number of nitrogens with zero attached hydrogens (tertiary/aromatic N) is 2. The van der Waals surface area contributed by atoms with Gasteiger partial charge in [-0.15, -0.1) is 0 Å². The van der Waals surface area contributed by atoms with Crippen molar-refractivity contribution in [1.29, 1.82) is 0 Å². The summed E-state index contributed by atoms with van der Waals surface area (Å²) in [4.78, 5) is 18.8. The zero-order valence-corrected chi connectivity index (χ0v) is 19.0. The topological polar surface area (TPSA) is 54.5 Å². The number of amides is 1. The van der Waals surface area contributed by atoms with Gasteiger partial charge >= 0.3 is 6.09 Å². The van der Waals surface area contributed by atoms with Gasteiger partial charge in [0, 0.05) is 47.9 Å². The molecule has 1 saturated heterocycles. The number of aromatic nitrogens is 1. The first-order valence-electron chi connectivity index (χ1n) is 9.88. The number of piperidine rings is 1. The molecule has 2 aromatic rings. The predicted octanol–water partition coefficient (Wildman–Crippen LogP) is 5.10. The molecule has 1 aliphatic heterocycles. The molecule has 3 rings (SSSR count). The maximum absolute atomic E-state index is 12.0. The molecule has 1 aromatic carbocycles. The molecule has 0 spiro atoms. The van der Waals surface area contributed by atoms with Crippen LogP contribution in [0.4, 0.5) is 4.79 Å². The van der Waals surface area contributed by atoms with Gasteiger partial charge in [-0.3, -0.25) is 9.88 Å². The Morgan fingerprint density at radius 3 is 2.54 bits per heavy atom. The quantitative estimate of drug-likeness (QED) is 0.710. The Labute approximate surface area is 176 Å². The Kier molecular flexibility index (Phi) is 6.30. The van der Waals surface area contributed by atoms with Crippen molar-refractivity contribution in [1.82, 2.24) is 15.2 Å². The fourth-order valence-corrected chi connectivity index (χ4v) is 4.18. The van der Waals surface area contributed by atoms with E-state index in [0.717, 1.165) is 36.9 Å². The lowest BCUT2D eigenvalue weighted by Crippen LogP contribution is -2.45. The highest BCUT2D eigenvalue weighted by Gasteiger charge is 2.24. The number of benzene rings is 1. The van der Waals surface area contributed by atoms with Crippen molar-refractivity contribution >= 4 is 32.8 Å². The van der Waals surface area contributed by atoms with E-state index in [1.807, 2.05) is 33.2 Å². The van der Waals surface area contributed by atoms with Crippen LogP contribution in [0.15, 0.2) is 22.9 Å². The first kappa shape index (κ1) is 21.1. The standard InChI is InChI=1S/C22H30BrN3O2/c1-14-15(2)19-11-24-12-20(23)18(19)10-16(14)13-26-8-6-17(7-9-26)25-21(27)28-22(3,4)5/h10-12,17H,6-9,13H2,1-5H3,(H,25,27). The maximum Gasteiger partial charge on any atom is 0.407 e. The summed E-state index contributed by atoms with van der Waals surface area (Å²) in [5, 5.41) is 5.43. The average Bonchev–Trinajstić information content (AvgIpc) is 2.60. The summed E-state index contributed by atoms with van der Waals surface area (Å²) in [6.45, 7) is 12.9. The van der Waals surface area contributed by atoms with E-state index in [4.69, 9.17) is 4.74 Å². The molecule has 2 heterocycles. The molecule has 0 saturated carbocycles. The van der Waals surface area contributed by atoms with Crippen LogP contribution >= 0.6 is 15.9 Å². The fraction of sp³-hybridized carbons (Fsp3) is 0.545. The summed E-state index contributed by atoms with van der Waals surface area (Å²) in [6, 6.07) is 2.47. The van der Waals surface area contributed by atoms with E-state index in [-0.39, 0.29) is 12.1 Å². The molecule has 1 N–H and O–H groups in total. The van der Waals surface area contributed by atoms with Crippen molar-refractivity contribution in [2.75, 3.05) is 13.1 Å². The molecule has 0 bridgehead atoms. The van der Waals surface area contributed by atoms with E-state index in [0.29, 0.717) is 0 Å². The minimum atomic E-state index is -0.458. The molecule has 1 amide bonds. The minimum Gasteiger partial charge on any atom is -0.444 e. The van der Waals surface area contributed by atoms with Crippen molar-refractivity contribution in [2.45, 2.75) is 65.6 Å². The number of fused-ring (bicyclic) bond motifs is 1. The van der Waals surface area contributed by atoms with Gasteiger partial charge in [0.25, 0.3) is 0 Å². The van der Waals surface area contributed by atoms with E-state index in [2.05, 4.69) is 51.0 Å². The maximum atomic E-state index is 12.0. The number of hydrogen-bond donors (Lipinski definition) is 1. The first-order valence-corrected chi connectivity index (χ1v) is 10.7. The fourth-order valence-electron chi connectivity index (χ4n) is 3.73. The van der Waals surface area contributed by atoms with Gasteiger partial charge in [0.05, 0.1) is 0 Å². The molecule has 1 fully saturated rings. The highest BCUT2D eigenvalue weighted by atomic mass is 79.9. The van der Waals surface area contributed by atoms with Crippen molar-refractivity contribution in [2.24, 2.45) is 0 Å². The van der Waals surface area contributed by atoms with E-state index in [9.17, 15) is 4.79 Å². The van der Waals surface area contributed by atoms with Gasteiger partial charge < -0.3 is 10.1 Å². The second-order valence-electron chi connectivity index (χ2n) is 8.70. The summed E-state index contributed by atoms with van der Waals surface area (Å²) in [6.07, 6.45) is 5.37. The second-order valence-corrected chi connectivity index (χ2v) is 9.55. The Balaban J connectivity index is 1.63. The van der Waals surface area contributed by atoms with Crippen molar-refractivity contribution in [3.05, 3.63) is 39.6 Å². The Bertz CT molecular complexity index is 868. The number of carbonyl (C=O) groups is 1. The van der Waals surface area contributed by atoms with Crippen molar-refractivity contribution in [3.8, 4) is 0 Å². The van der Waals surface area contributed by atoms with E-state index < -0.39 is 5.60 Å². The summed E-state index contributed by atoms with van der Waals surface area (Å²) in [5.41, 5.74) is 3.53. The summed E-state index contributed by atoms with van der Waals surface area (Å²) >= 11 is 3.64. The number of alkyl carbamates (subject to hydrolysis) is 1. The number of ether oxygens (including phenoxy) is 1. The molecular weight excluding hydrogens is 418 g/mol. The number of halogens is 1. The Morgan fingerprint density at radius 2 is 1.89 bits per heavy atom. The summed E-state index contributed by atoms with van der Waals surface area (Å²) < 4.78 is 6.41. The normalized spacial score (nSPS) is 16.4. The molecule has 0 atom stereocenters. The molecule has 28 heavy (non-hydrogen) atoms. The molecule has 1 aliphatic rings. The van der Waals surface area contributed by atoms with Gasteiger partial charge in [0.2, 0.25) is 0 Å². The zero-order valence-electron chi connectivity index (χ0n) is 17.4. The number of pyridine rings is 1.